The molecular formula is C74H133NO8. The van der Waals surface area contributed by atoms with Crippen molar-refractivity contribution in [3.63, 3.8) is 0 Å². The second-order valence-electron chi connectivity index (χ2n) is 24.8. The summed E-state index contributed by atoms with van der Waals surface area (Å²) in [5, 5.41) is 11.8. The number of carboxylic acids is 1. The van der Waals surface area contributed by atoms with Crippen molar-refractivity contribution in [2.45, 2.75) is 334 Å². The number of esters is 2. The number of rotatable bonds is 65. The van der Waals surface area contributed by atoms with Crippen LogP contribution in [0.3, 0.4) is 0 Å². The molecule has 0 aliphatic heterocycles. The van der Waals surface area contributed by atoms with Gasteiger partial charge in [-0.2, -0.15) is 0 Å². The minimum absolute atomic E-state index is 0.148. The summed E-state index contributed by atoms with van der Waals surface area (Å²) in [6.45, 7) is 4.66. The average Bonchev–Trinajstić information content (AvgIpc) is 3.46. The summed E-state index contributed by atoms with van der Waals surface area (Å²) in [4.78, 5) is 37.4. The molecule has 2 unspecified atom stereocenters. The van der Waals surface area contributed by atoms with Crippen molar-refractivity contribution in [1.29, 1.82) is 0 Å². The van der Waals surface area contributed by atoms with E-state index >= 15 is 0 Å². The topological polar surface area (TPSA) is 111 Å². The Morgan fingerprint density at radius 1 is 0.373 bits per heavy atom. The average molecular weight is 1160 g/mol. The van der Waals surface area contributed by atoms with Gasteiger partial charge in [-0.25, -0.2) is 0 Å². The lowest BCUT2D eigenvalue weighted by atomic mass is 10.0. The number of likely N-dealkylation sites (N-methyl/N-ethyl adjacent to an activating group) is 1. The molecule has 0 N–H and O–H groups in total. The van der Waals surface area contributed by atoms with E-state index in [2.05, 4.69) is 86.8 Å². The van der Waals surface area contributed by atoms with Gasteiger partial charge in [0.1, 0.15) is 13.2 Å². The number of hydrogen-bond acceptors (Lipinski definition) is 8. The fraction of sp³-hybridized carbons (Fsp3) is 0.797. The lowest BCUT2D eigenvalue weighted by Crippen LogP contribution is -2.44. The molecule has 0 rings (SSSR count). The Morgan fingerprint density at radius 3 is 1.04 bits per heavy atom. The van der Waals surface area contributed by atoms with Crippen LogP contribution < -0.4 is 5.11 Å². The number of allylic oxidation sites excluding steroid dienone is 12. The molecule has 0 saturated carbocycles. The molecule has 9 heteroatoms. The molecule has 0 aromatic heterocycles. The standard InChI is InChI=1S/C74H133NO8/c1-6-8-10-12-14-16-18-20-22-24-25-26-27-28-29-30-31-32-33-34-35-36-37-38-39-40-41-42-43-44-45-46-47-49-51-53-55-57-59-61-63-65-72(77)83-70(69-82-74(73(78)79)80-67-66-75(3,4)5)68-81-71(76)64-62-60-58-56-54-52-50-48-23-21-19-17-15-13-11-9-7-2/h8,10,14,16,20-23,25-26,28-29,70,74H,6-7,9,11-13,15,17-19,24,27,30-69H2,1-5H3/b10-8-,16-14-,22-20-,23-21-,26-25-,29-28-. The fourth-order valence-electron chi connectivity index (χ4n) is 10.1. The second kappa shape index (κ2) is 64.7. The van der Waals surface area contributed by atoms with E-state index in [1.54, 1.807) is 0 Å². The van der Waals surface area contributed by atoms with Gasteiger partial charge in [0.25, 0.3) is 0 Å². The Hall–Kier alpha value is -3.27. The Morgan fingerprint density at radius 2 is 0.687 bits per heavy atom. The molecule has 0 saturated heterocycles. The summed E-state index contributed by atoms with van der Waals surface area (Å²) in [6, 6.07) is 0. The zero-order chi connectivity index (χ0) is 60.5. The number of carbonyl (C=O) groups excluding carboxylic acids is 3. The minimum atomic E-state index is -1.62. The number of aliphatic carboxylic acids is 1. The van der Waals surface area contributed by atoms with E-state index in [9.17, 15) is 19.5 Å². The van der Waals surface area contributed by atoms with Crippen LogP contribution in [-0.2, 0) is 33.3 Å². The summed E-state index contributed by atoms with van der Waals surface area (Å²) in [5.41, 5.74) is 0. The second-order valence-corrected chi connectivity index (χ2v) is 24.8. The van der Waals surface area contributed by atoms with Crippen molar-refractivity contribution in [3.8, 4) is 0 Å². The number of carboxylic acid groups (broad SMARTS) is 1. The van der Waals surface area contributed by atoms with Gasteiger partial charge in [-0.05, 0) is 83.5 Å². The zero-order valence-electron chi connectivity index (χ0n) is 55.1. The molecule has 482 valence electrons. The molecule has 0 amide bonds. The van der Waals surface area contributed by atoms with Gasteiger partial charge in [-0.3, -0.25) is 9.59 Å². The van der Waals surface area contributed by atoms with E-state index in [0.29, 0.717) is 17.4 Å². The largest absolute Gasteiger partial charge is 0.545 e. The van der Waals surface area contributed by atoms with E-state index in [1.807, 2.05) is 21.1 Å². The summed E-state index contributed by atoms with van der Waals surface area (Å²) in [5.74, 6) is -2.27. The summed E-state index contributed by atoms with van der Waals surface area (Å²) in [7, 11) is 5.93. The number of nitrogens with zero attached hydrogens (tertiary/aromatic N) is 1. The van der Waals surface area contributed by atoms with Gasteiger partial charge in [-0.1, -0.05) is 299 Å². The molecule has 0 aromatic rings. The predicted octanol–water partition coefficient (Wildman–Crippen LogP) is 20.4. The van der Waals surface area contributed by atoms with Crippen LogP contribution in [0, 0.1) is 0 Å². The molecule has 0 aliphatic rings. The Kier molecular flexibility index (Phi) is 62.2. The van der Waals surface area contributed by atoms with Crippen LogP contribution in [-0.4, -0.2) is 82.3 Å². The van der Waals surface area contributed by atoms with Crippen molar-refractivity contribution in [3.05, 3.63) is 72.9 Å². The molecule has 0 fully saturated rings. The molecule has 9 nitrogen and oxygen atoms in total. The molecule has 0 radical (unpaired) electrons. The first-order valence-corrected chi connectivity index (χ1v) is 35.1. The van der Waals surface area contributed by atoms with Gasteiger partial charge in [0, 0.05) is 12.8 Å². The molecule has 83 heavy (non-hydrogen) atoms. The van der Waals surface area contributed by atoms with Crippen LogP contribution in [0.5, 0.6) is 0 Å². The van der Waals surface area contributed by atoms with E-state index < -0.39 is 24.3 Å². The normalized spacial score (nSPS) is 13.1. The zero-order valence-corrected chi connectivity index (χ0v) is 55.1. The van der Waals surface area contributed by atoms with Crippen molar-refractivity contribution in [2.75, 3.05) is 47.5 Å². The maximum Gasteiger partial charge on any atom is 0.306 e. The van der Waals surface area contributed by atoms with Crippen LogP contribution >= 0.6 is 0 Å². The van der Waals surface area contributed by atoms with Gasteiger partial charge < -0.3 is 33.3 Å². The van der Waals surface area contributed by atoms with Gasteiger partial charge in [0.05, 0.1) is 40.3 Å². The summed E-state index contributed by atoms with van der Waals surface area (Å²) < 4.78 is 22.8. The van der Waals surface area contributed by atoms with E-state index in [4.69, 9.17) is 18.9 Å². The first kappa shape index (κ1) is 79.7. The van der Waals surface area contributed by atoms with Gasteiger partial charge >= 0.3 is 11.9 Å². The van der Waals surface area contributed by atoms with E-state index in [-0.39, 0.29) is 38.6 Å². The van der Waals surface area contributed by atoms with Crippen LogP contribution in [0.1, 0.15) is 322 Å². The van der Waals surface area contributed by atoms with Crippen molar-refractivity contribution in [1.82, 2.24) is 0 Å². The Bertz CT molecular complexity index is 1590. The smallest absolute Gasteiger partial charge is 0.306 e. The maximum absolute atomic E-state index is 12.9. The highest BCUT2D eigenvalue weighted by Crippen LogP contribution is 2.18. The molecule has 0 aromatic carbocycles. The Labute approximate surface area is 513 Å². The third-order valence-electron chi connectivity index (χ3n) is 15.4. The fourth-order valence-corrected chi connectivity index (χ4v) is 10.1. The van der Waals surface area contributed by atoms with Crippen molar-refractivity contribution >= 4 is 17.9 Å². The van der Waals surface area contributed by atoms with Gasteiger partial charge in [0.2, 0.25) is 0 Å². The number of ether oxygens (including phenoxy) is 4. The maximum atomic E-state index is 12.9. The third kappa shape index (κ3) is 66.1. The molecule has 0 bridgehead atoms. The number of carbonyl (C=O) groups is 3. The molecule has 0 spiro atoms. The quantitative estimate of drug-likeness (QED) is 0.0195. The van der Waals surface area contributed by atoms with Crippen LogP contribution in [0.25, 0.3) is 0 Å². The SMILES string of the molecule is CC/C=C\C/C=C\C/C=C\C/C=C\C/C=C\CCCCCCCCCCCCCCCCCCCCCCCCCCCC(=O)OC(COC(=O)CCCCCCCCC/C=C\CCCCCCCC)COC(OCC[N+](C)(C)C)C(=O)[O-]. The molecule has 0 heterocycles. The highest BCUT2D eigenvalue weighted by Gasteiger charge is 2.22. The molecule has 2 atom stereocenters. The Balaban J connectivity index is 3.95. The molecule has 0 aliphatic carbocycles. The number of quaternary nitrogens is 1. The van der Waals surface area contributed by atoms with Gasteiger partial charge in [0.15, 0.2) is 12.4 Å². The predicted molar refractivity (Wildman–Crippen MR) is 352 cm³/mol. The summed E-state index contributed by atoms with van der Waals surface area (Å²) >= 11 is 0. The number of hydrogen-bond donors (Lipinski definition) is 0. The van der Waals surface area contributed by atoms with E-state index in [0.717, 1.165) is 70.6 Å². The minimum Gasteiger partial charge on any atom is -0.545 e. The van der Waals surface area contributed by atoms with Crippen molar-refractivity contribution < 1.29 is 42.9 Å². The molecular weight excluding hydrogens is 1030 g/mol. The lowest BCUT2D eigenvalue weighted by Gasteiger charge is -2.26. The number of unbranched alkanes of at least 4 members (excludes halogenated alkanes) is 38. The van der Waals surface area contributed by atoms with Crippen LogP contribution in [0.2, 0.25) is 0 Å². The first-order chi connectivity index (χ1) is 40.6. The third-order valence-corrected chi connectivity index (χ3v) is 15.4. The van der Waals surface area contributed by atoms with Crippen LogP contribution in [0.4, 0.5) is 0 Å². The van der Waals surface area contributed by atoms with Gasteiger partial charge in [-0.15, -0.1) is 0 Å². The monoisotopic (exact) mass is 1160 g/mol. The lowest BCUT2D eigenvalue weighted by molar-refractivity contribution is -0.870. The summed E-state index contributed by atoms with van der Waals surface area (Å²) in [6.07, 6.45) is 82.9. The van der Waals surface area contributed by atoms with E-state index in [1.165, 1.54) is 218 Å². The highest BCUT2D eigenvalue weighted by molar-refractivity contribution is 5.70. The van der Waals surface area contributed by atoms with Crippen molar-refractivity contribution in [2.24, 2.45) is 0 Å². The first-order valence-electron chi connectivity index (χ1n) is 35.1. The van der Waals surface area contributed by atoms with Crippen LogP contribution in [0.15, 0.2) is 72.9 Å². The highest BCUT2D eigenvalue weighted by atomic mass is 16.7.